The Balaban J connectivity index is 2.21. The van der Waals surface area contributed by atoms with E-state index < -0.39 is 6.09 Å². The Morgan fingerprint density at radius 2 is 2.62 bits per heavy atom. The Labute approximate surface area is 96.6 Å². The molecule has 2 heterocycles. The lowest BCUT2D eigenvalue weighted by molar-refractivity contribution is 0.167. The van der Waals surface area contributed by atoms with Crippen molar-refractivity contribution in [3.05, 3.63) is 30.6 Å². The van der Waals surface area contributed by atoms with Crippen LogP contribution in [0.15, 0.2) is 30.6 Å². The number of rotatable bonds is 3. The van der Waals surface area contributed by atoms with Gasteiger partial charge in [0.1, 0.15) is 23.6 Å². The molecular weight excluding hydrogens is 226 g/mol. The van der Waals surface area contributed by atoms with E-state index in [1.807, 2.05) is 9.78 Å². The van der Waals surface area contributed by atoms with Crippen molar-refractivity contribution in [1.82, 2.24) is 9.38 Å². The Bertz CT molecular complexity index is 517. The topological polar surface area (TPSA) is 46.8 Å². The van der Waals surface area contributed by atoms with Gasteiger partial charge in [0, 0.05) is 12.4 Å². The Kier molecular flexibility index (Phi) is 2.91. The number of thiazole rings is 1. The van der Waals surface area contributed by atoms with Gasteiger partial charge in [0.05, 0.1) is 6.20 Å². The summed E-state index contributed by atoms with van der Waals surface area (Å²) in [6.45, 7) is 3.70. The fourth-order valence-electron chi connectivity index (χ4n) is 1.27. The van der Waals surface area contributed by atoms with Gasteiger partial charge in [-0.2, -0.15) is 0 Å². The minimum Gasteiger partial charge on any atom is -0.445 e. The molecule has 0 atom stereocenters. The van der Waals surface area contributed by atoms with Gasteiger partial charge in [-0.15, -0.1) is 11.3 Å². The number of ether oxygens (including phenoxy) is 1. The van der Waals surface area contributed by atoms with E-state index in [4.69, 9.17) is 4.74 Å². The van der Waals surface area contributed by atoms with Crippen molar-refractivity contribution >= 4 is 28.1 Å². The van der Waals surface area contributed by atoms with Gasteiger partial charge >= 0.3 is 6.09 Å². The van der Waals surface area contributed by atoms with Crippen LogP contribution in [0.3, 0.4) is 0 Å². The number of hydrogen-bond acceptors (Lipinski definition) is 4. The molecule has 6 heteroatoms. The summed E-state index contributed by atoms with van der Waals surface area (Å²) in [5.41, 5.74) is 0. The third kappa shape index (κ3) is 1.79. The number of aromatic nitrogens is 2. The molecule has 5 nitrogen and oxygen atoms in total. The van der Waals surface area contributed by atoms with Crippen molar-refractivity contribution in [2.24, 2.45) is 0 Å². The Hall–Kier alpha value is -1.82. The van der Waals surface area contributed by atoms with Crippen LogP contribution in [0.4, 0.5) is 10.6 Å². The molecule has 0 bridgehead atoms. The summed E-state index contributed by atoms with van der Waals surface area (Å²) >= 11 is 1.52. The SMILES string of the molecule is C=CCOC(=O)N(C)c1csc2cncn12. The lowest BCUT2D eigenvalue weighted by atomic mass is 10.6. The molecule has 1 amide bonds. The van der Waals surface area contributed by atoms with Crippen LogP contribution in [-0.4, -0.2) is 29.1 Å². The number of fused-ring (bicyclic) bond motifs is 1. The molecule has 16 heavy (non-hydrogen) atoms. The van der Waals surface area contributed by atoms with Crippen molar-refractivity contribution in [2.75, 3.05) is 18.6 Å². The van der Waals surface area contributed by atoms with E-state index in [2.05, 4.69) is 11.6 Å². The molecular formula is C10H11N3O2S. The van der Waals surface area contributed by atoms with Gasteiger partial charge in [0.2, 0.25) is 0 Å². The fraction of sp³-hybridized carbons (Fsp3) is 0.200. The standard InChI is InChI=1S/C10H11N3O2S/c1-3-4-15-10(14)12(2)8-6-16-9-5-11-7-13(8)9/h3,5-7H,1,4H2,2H3. The van der Waals surface area contributed by atoms with E-state index in [0.717, 1.165) is 10.6 Å². The van der Waals surface area contributed by atoms with Gasteiger partial charge in [-0.1, -0.05) is 12.7 Å². The molecule has 0 fully saturated rings. The van der Waals surface area contributed by atoms with Crippen LogP contribution in [0.1, 0.15) is 0 Å². The second-order valence-corrected chi connectivity index (χ2v) is 4.01. The minimum atomic E-state index is -0.409. The molecule has 0 aliphatic carbocycles. The lowest BCUT2D eigenvalue weighted by Crippen LogP contribution is -2.28. The Morgan fingerprint density at radius 3 is 3.38 bits per heavy atom. The zero-order chi connectivity index (χ0) is 11.5. The predicted molar refractivity (Wildman–Crippen MR) is 63.0 cm³/mol. The van der Waals surface area contributed by atoms with Crippen LogP contribution in [0, 0.1) is 0 Å². The molecule has 2 aromatic rings. The van der Waals surface area contributed by atoms with Gasteiger partial charge in [-0.05, 0) is 0 Å². The molecule has 0 aromatic carbocycles. The van der Waals surface area contributed by atoms with E-state index in [1.165, 1.54) is 22.3 Å². The van der Waals surface area contributed by atoms with Crippen LogP contribution in [0.5, 0.6) is 0 Å². The molecule has 84 valence electrons. The van der Waals surface area contributed by atoms with Crippen LogP contribution in [-0.2, 0) is 4.74 Å². The van der Waals surface area contributed by atoms with Gasteiger partial charge in [0.25, 0.3) is 0 Å². The quantitative estimate of drug-likeness (QED) is 0.768. The van der Waals surface area contributed by atoms with Gasteiger partial charge in [0.15, 0.2) is 0 Å². The number of imidazole rings is 1. The average molecular weight is 237 g/mol. The second kappa shape index (κ2) is 4.36. The van der Waals surface area contributed by atoms with E-state index in [0.29, 0.717) is 0 Å². The number of carbonyl (C=O) groups is 1. The summed E-state index contributed by atoms with van der Waals surface area (Å²) in [4.78, 5) is 18.0. The molecule has 2 aromatic heterocycles. The molecule has 0 saturated carbocycles. The molecule has 0 N–H and O–H groups in total. The van der Waals surface area contributed by atoms with Gasteiger partial charge < -0.3 is 4.74 Å². The third-order valence-corrected chi connectivity index (χ3v) is 2.95. The van der Waals surface area contributed by atoms with E-state index in [1.54, 1.807) is 19.6 Å². The summed E-state index contributed by atoms with van der Waals surface area (Å²) < 4.78 is 6.78. The van der Waals surface area contributed by atoms with Gasteiger partial charge in [-0.3, -0.25) is 9.30 Å². The van der Waals surface area contributed by atoms with E-state index >= 15 is 0 Å². The third-order valence-electron chi connectivity index (χ3n) is 2.08. The average Bonchev–Trinajstić information content (AvgIpc) is 2.86. The molecule has 0 saturated heterocycles. The largest absolute Gasteiger partial charge is 0.445 e. The second-order valence-electron chi connectivity index (χ2n) is 3.12. The molecule has 0 spiro atoms. The Morgan fingerprint density at radius 1 is 1.81 bits per heavy atom. The van der Waals surface area contributed by atoms with E-state index in [-0.39, 0.29) is 6.61 Å². The normalized spacial score (nSPS) is 10.3. The maximum Gasteiger partial charge on any atom is 0.415 e. The van der Waals surface area contributed by atoms with E-state index in [9.17, 15) is 4.79 Å². The summed E-state index contributed by atoms with van der Waals surface area (Å²) in [5.74, 6) is 0.742. The molecule has 2 rings (SSSR count). The van der Waals surface area contributed by atoms with Crippen LogP contribution >= 0.6 is 11.3 Å². The highest BCUT2D eigenvalue weighted by molar-refractivity contribution is 7.16. The number of carbonyl (C=O) groups excluding carboxylic acids is 1. The van der Waals surface area contributed by atoms with Gasteiger partial charge in [-0.25, -0.2) is 9.78 Å². The first-order valence-electron chi connectivity index (χ1n) is 4.65. The zero-order valence-corrected chi connectivity index (χ0v) is 9.61. The lowest BCUT2D eigenvalue weighted by Gasteiger charge is -2.14. The summed E-state index contributed by atoms with van der Waals surface area (Å²) in [7, 11) is 1.66. The monoisotopic (exact) mass is 237 g/mol. The minimum absolute atomic E-state index is 0.209. The molecule has 0 unspecified atom stereocenters. The van der Waals surface area contributed by atoms with Crippen LogP contribution in [0.25, 0.3) is 4.83 Å². The first-order chi connectivity index (χ1) is 7.74. The summed E-state index contributed by atoms with van der Waals surface area (Å²) in [6.07, 6.45) is 4.54. The highest BCUT2D eigenvalue weighted by Crippen LogP contribution is 2.23. The van der Waals surface area contributed by atoms with Crippen molar-refractivity contribution in [3.8, 4) is 0 Å². The first-order valence-corrected chi connectivity index (χ1v) is 5.53. The van der Waals surface area contributed by atoms with Crippen LogP contribution in [0.2, 0.25) is 0 Å². The molecule has 0 aliphatic rings. The maximum atomic E-state index is 11.6. The van der Waals surface area contributed by atoms with Crippen molar-refractivity contribution in [1.29, 1.82) is 0 Å². The number of hydrogen-bond donors (Lipinski definition) is 0. The number of nitrogens with zero attached hydrogens (tertiary/aromatic N) is 3. The fourth-order valence-corrected chi connectivity index (χ4v) is 2.15. The van der Waals surface area contributed by atoms with Crippen molar-refractivity contribution < 1.29 is 9.53 Å². The summed E-state index contributed by atoms with van der Waals surface area (Å²) in [5, 5.41) is 1.88. The number of anilines is 1. The highest BCUT2D eigenvalue weighted by atomic mass is 32.1. The van der Waals surface area contributed by atoms with Crippen LogP contribution < -0.4 is 4.90 Å². The molecule has 0 aliphatic heterocycles. The number of amides is 1. The van der Waals surface area contributed by atoms with Crippen molar-refractivity contribution in [2.45, 2.75) is 0 Å². The smallest absolute Gasteiger partial charge is 0.415 e. The first kappa shape index (κ1) is 10.7. The highest BCUT2D eigenvalue weighted by Gasteiger charge is 2.15. The van der Waals surface area contributed by atoms with Crippen molar-refractivity contribution in [3.63, 3.8) is 0 Å². The zero-order valence-electron chi connectivity index (χ0n) is 8.79. The summed E-state index contributed by atoms with van der Waals surface area (Å²) in [6, 6.07) is 0. The maximum absolute atomic E-state index is 11.6. The predicted octanol–water partition coefficient (Wildman–Crippen LogP) is 2.15. The molecule has 0 radical (unpaired) electrons.